The van der Waals surface area contributed by atoms with Gasteiger partial charge in [0.2, 0.25) is 0 Å². The van der Waals surface area contributed by atoms with E-state index >= 15 is 0 Å². The Labute approximate surface area is 112 Å². The fourth-order valence-electron chi connectivity index (χ4n) is 3.10. The van der Waals surface area contributed by atoms with E-state index in [0.717, 1.165) is 30.3 Å². The maximum Gasteiger partial charge on any atom is 0.160 e. The molecule has 3 heterocycles. The molecule has 0 aliphatic carbocycles. The molecule has 1 atom stereocenters. The Balaban J connectivity index is 1.62. The van der Waals surface area contributed by atoms with Crippen LogP contribution in [0.3, 0.4) is 0 Å². The summed E-state index contributed by atoms with van der Waals surface area (Å²) in [5.74, 6) is 0. The number of likely N-dealkylation sites (tertiary alicyclic amines) is 1. The van der Waals surface area contributed by atoms with Crippen LogP contribution in [0.4, 0.5) is 5.00 Å². The van der Waals surface area contributed by atoms with Crippen molar-refractivity contribution in [2.45, 2.75) is 31.7 Å². The molecule has 0 N–H and O–H groups in total. The third-order valence-electron chi connectivity index (χ3n) is 4.11. The summed E-state index contributed by atoms with van der Waals surface area (Å²) >= 11 is 1.62. The number of hydrogen-bond donors (Lipinski definition) is 0. The van der Waals surface area contributed by atoms with Crippen molar-refractivity contribution in [2.75, 3.05) is 31.1 Å². The van der Waals surface area contributed by atoms with E-state index in [-0.39, 0.29) is 0 Å². The van der Waals surface area contributed by atoms with Crippen molar-refractivity contribution in [3.63, 3.8) is 0 Å². The predicted octanol–water partition coefficient (Wildman–Crippen LogP) is 2.63. The Morgan fingerprint density at radius 3 is 2.72 bits per heavy atom. The summed E-state index contributed by atoms with van der Waals surface area (Å²) in [5.41, 5.74) is 0. The number of rotatable bonds is 3. The van der Waals surface area contributed by atoms with Crippen LogP contribution in [0, 0.1) is 0 Å². The number of anilines is 1. The largest absolute Gasteiger partial charge is 0.362 e. The lowest BCUT2D eigenvalue weighted by Crippen LogP contribution is -2.40. The van der Waals surface area contributed by atoms with E-state index in [9.17, 15) is 4.79 Å². The van der Waals surface area contributed by atoms with Gasteiger partial charge in [0.15, 0.2) is 6.29 Å². The highest BCUT2D eigenvalue weighted by Gasteiger charge is 2.29. The molecule has 2 saturated heterocycles. The van der Waals surface area contributed by atoms with Crippen molar-refractivity contribution in [2.24, 2.45) is 0 Å². The van der Waals surface area contributed by atoms with Gasteiger partial charge in [0.05, 0.1) is 9.88 Å². The summed E-state index contributed by atoms with van der Waals surface area (Å²) in [6, 6.07) is 4.75. The normalized spacial score (nSPS) is 25.6. The lowest BCUT2D eigenvalue weighted by molar-refractivity contribution is 0.112. The van der Waals surface area contributed by atoms with Gasteiger partial charge in [0.25, 0.3) is 0 Å². The lowest BCUT2D eigenvalue weighted by atomic mass is 10.1. The van der Waals surface area contributed by atoms with Gasteiger partial charge in [-0.05, 0) is 44.5 Å². The molecular weight excluding hydrogens is 244 g/mol. The summed E-state index contributed by atoms with van der Waals surface area (Å²) in [4.78, 5) is 16.7. The maximum atomic E-state index is 10.7. The van der Waals surface area contributed by atoms with Gasteiger partial charge >= 0.3 is 0 Å². The molecule has 0 spiro atoms. The molecule has 2 fully saturated rings. The zero-order valence-corrected chi connectivity index (χ0v) is 11.5. The molecule has 98 valence electrons. The average Bonchev–Trinajstić information content (AvgIpc) is 3.08. The molecule has 3 nitrogen and oxygen atoms in total. The van der Waals surface area contributed by atoms with Crippen LogP contribution < -0.4 is 4.90 Å². The first-order valence-electron chi connectivity index (χ1n) is 6.91. The zero-order valence-electron chi connectivity index (χ0n) is 10.7. The Bertz CT molecular complexity index is 412. The molecular formula is C14H20N2OS. The van der Waals surface area contributed by atoms with Crippen molar-refractivity contribution in [3.8, 4) is 0 Å². The number of thiophene rings is 1. The van der Waals surface area contributed by atoms with Gasteiger partial charge in [0, 0.05) is 19.1 Å². The first-order chi connectivity index (χ1) is 8.86. The van der Waals surface area contributed by atoms with E-state index in [1.54, 1.807) is 11.3 Å². The molecule has 2 aliphatic heterocycles. The molecule has 0 aromatic carbocycles. The number of hydrogen-bond acceptors (Lipinski definition) is 4. The molecule has 4 heteroatoms. The minimum Gasteiger partial charge on any atom is -0.362 e. The van der Waals surface area contributed by atoms with E-state index in [2.05, 4.69) is 15.9 Å². The quantitative estimate of drug-likeness (QED) is 0.784. The summed E-state index contributed by atoms with van der Waals surface area (Å²) in [6.07, 6.45) is 6.36. The first-order valence-corrected chi connectivity index (χ1v) is 7.72. The van der Waals surface area contributed by atoms with E-state index in [0.29, 0.717) is 0 Å². The molecule has 0 radical (unpaired) electrons. The van der Waals surface area contributed by atoms with Gasteiger partial charge in [0.1, 0.15) is 0 Å². The van der Waals surface area contributed by atoms with Crippen LogP contribution in [0.2, 0.25) is 0 Å². The van der Waals surface area contributed by atoms with E-state index in [4.69, 9.17) is 0 Å². The number of nitrogens with zero attached hydrogens (tertiary/aromatic N) is 2. The molecule has 0 bridgehead atoms. The van der Waals surface area contributed by atoms with Crippen molar-refractivity contribution in [1.29, 1.82) is 0 Å². The monoisotopic (exact) mass is 264 g/mol. The van der Waals surface area contributed by atoms with E-state index in [1.807, 2.05) is 6.07 Å². The fraction of sp³-hybridized carbons (Fsp3) is 0.643. The van der Waals surface area contributed by atoms with Gasteiger partial charge in [-0.25, -0.2) is 0 Å². The van der Waals surface area contributed by atoms with Gasteiger partial charge in [-0.15, -0.1) is 11.3 Å². The fourth-order valence-corrected chi connectivity index (χ4v) is 3.96. The second-order valence-electron chi connectivity index (χ2n) is 5.28. The summed E-state index contributed by atoms with van der Waals surface area (Å²) in [6.45, 7) is 4.84. The Morgan fingerprint density at radius 2 is 2.00 bits per heavy atom. The predicted molar refractivity (Wildman–Crippen MR) is 75.7 cm³/mol. The second kappa shape index (κ2) is 5.41. The van der Waals surface area contributed by atoms with E-state index < -0.39 is 0 Å². The number of carbonyl (C=O) groups excluding carboxylic acids is 1. The average molecular weight is 264 g/mol. The molecule has 18 heavy (non-hydrogen) atoms. The highest BCUT2D eigenvalue weighted by Crippen LogP contribution is 2.30. The van der Waals surface area contributed by atoms with Crippen molar-refractivity contribution >= 4 is 22.6 Å². The molecule has 1 aromatic rings. The van der Waals surface area contributed by atoms with Gasteiger partial charge in [-0.2, -0.15) is 0 Å². The number of piperidine rings is 1. The molecule has 1 unspecified atom stereocenters. The van der Waals surface area contributed by atoms with Crippen LogP contribution in [-0.4, -0.2) is 43.4 Å². The SMILES string of the molecule is O=Cc1ccc(N2CCC(N3CCCCC3)C2)s1. The van der Waals surface area contributed by atoms with Crippen LogP contribution in [0.1, 0.15) is 35.4 Å². The number of carbonyl (C=O) groups is 1. The maximum absolute atomic E-state index is 10.7. The smallest absolute Gasteiger partial charge is 0.160 e. The Hall–Kier alpha value is -0.870. The molecule has 0 amide bonds. The van der Waals surface area contributed by atoms with Crippen LogP contribution in [0.15, 0.2) is 12.1 Å². The van der Waals surface area contributed by atoms with Crippen molar-refractivity contribution in [3.05, 3.63) is 17.0 Å². The third kappa shape index (κ3) is 2.45. The Kier molecular flexibility index (Phi) is 3.66. The van der Waals surface area contributed by atoms with Gasteiger partial charge < -0.3 is 4.90 Å². The van der Waals surface area contributed by atoms with Crippen LogP contribution in [0.5, 0.6) is 0 Å². The zero-order chi connectivity index (χ0) is 12.4. The van der Waals surface area contributed by atoms with Crippen LogP contribution in [-0.2, 0) is 0 Å². The minimum absolute atomic E-state index is 0.729. The van der Waals surface area contributed by atoms with Crippen molar-refractivity contribution in [1.82, 2.24) is 4.90 Å². The summed E-state index contributed by atoms with van der Waals surface area (Å²) in [7, 11) is 0. The highest BCUT2D eigenvalue weighted by atomic mass is 32.1. The van der Waals surface area contributed by atoms with Crippen LogP contribution >= 0.6 is 11.3 Å². The van der Waals surface area contributed by atoms with Crippen molar-refractivity contribution < 1.29 is 4.79 Å². The topological polar surface area (TPSA) is 23.6 Å². The highest BCUT2D eigenvalue weighted by molar-refractivity contribution is 7.17. The summed E-state index contributed by atoms with van der Waals surface area (Å²) in [5, 5.41) is 1.26. The first kappa shape index (κ1) is 12.2. The molecule has 3 rings (SSSR count). The van der Waals surface area contributed by atoms with Gasteiger partial charge in [-0.3, -0.25) is 9.69 Å². The van der Waals surface area contributed by atoms with Gasteiger partial charge in [-0.1, -0.05) is 6.42 Å². The summed E-state index contributed by atoms with van der Waals surface area (Å²) < 4.78 is 0. The molecule has 0 saturated carbocycles. The number of aldehydes is 1. The molecule has 1 aromatic heterocycles. The third-order valence-corrected chi connectivity index (χ3v) is 5.18. The minimum atomic E-state index is 0.729. The standard InChI is InChI=1S/C14H20N2OS/c17-11-13-4-5-14(18-13)16-9-6-12(10-16)15-7-2-1-3-8-15/h4-5,11-12H,1-3,6-10H2. The second-order valence-corrected chi connectivity index (χ2v) is 6.37. The lowest BCUT2D eigenvalue weighted by Gasteiger charge is -2.32. The van der Waals surface area contributed by atoms with Crippen LogP contribution in [0.25, 0.3) is 0 Å². The Morgan fingerprint density at radius 1 is 1.17 bits per heavy atom. The molecule has 2 aliphatic rings. The van der Waals surface area contributed by atoms with E-state index in [1.165, 1.54) is 43.8 Å².